The Bertz CT molecular complexity index is 887. The van der Waals surface area contributed by atoms with Crippen molar-refractivity contribution in [3.05, 3.63) is 59.1 Å². The molecule has 1 atom stereocenters. The smallest absolute Gasteiger partial charge is 0.196 e. The Hall–Kier alpha value is -1.82. The summed E-state index contributed by atoms with van der Waals surface area (Å²) in [5, 5.41) is 10.6. The monoisotopic (exact) mass is 399 g/mol. The molecule has 4 nitrogen and oxygen atoms in total. The van der Waals surface area contributed by atoms with E-state index >= 15 is 0 Å². The lowest BCUT2D eigenvalue weighted by atomic mass is 10.1. The van der Waals surface area contributed by atoms with Crippen molar-refractivity contribution in [3.63, 3.8) is 0 Å². The van der Waals surface area contributed by atoms with Gasteiger partial charge >= 0.3 is 0 Å². The molecule has 0 aliphatic carbocycles. The fraction of sp³-hybridized carbons (Fsp3) is 0.333. The highest BCUT2D eigenvalue weighted by Crippen LogP contribution is 2.30. The maximum atomic E-state index is 6.05. The predicted octanol–water partition coefficient (Wildman–Crippen LogP) is 5.56. The normalized spacial score (nSPS) is 17.2. The highest BCUT2D eigenvalue weighted by Gasteiger charge is 2.19. The third kappa shape index (κ3) is 4.37. The molecule has 1 fully saturated rings. The highest BCUT2D eigenvalue weighted by molar-refractivity contribution is 7.99. The Morgan fingerprint density at radius 2 is 1.85 bits per heavy atom. The van der Waals surface area contributed by atoms with Crippen molar-refractivity contribution < 1.29 is 4.74 Å². The van der Waals surface area contributed by atoms with Gasteiger partial charge in [0.1, 0.15) is 0 Å². The lowest BCUT2D eigenvalue weighted by Gasteiger charge is -2.22. The first-order valence-corrected chi connectivity index (χ1v) is 10.6. The molecule has 0 spiro atoms. The number of nitrogens with zero attached hydrogens (tertiary/aromatic N) is 3. The number of aryl methyl sites for hydroxylation is 1. The first kappa shape index (κ1) is 18.5. The van der Waals surface area contributed by atoms with Crippen LogP contribution in [0.15, 0.2) is 53.7 Å². The van der Waals surface area contributed by atoms with Crippen LogP contribution in [0, 0.1) is 6.92 Å². The Morgan fingerprint density at radius 1 is 1.07 bits per heavy atom. The topological polar surface area (TPSA) is 39.9 Å². The van der Waals surface area contributed by atoms with Gasteiger partial charge in [0.25, 0.3) is 0 Å². The summed E-state index contributed by atoms with van der Waals surface area (Å²) in [5.74, 6) is 1.72. The maximum absolute atomic E-state index is 6.05. The van der Waals surface area contributed by atoms with Gasteiger partial charge in [-0.05, 0) is 62.6 Å². The second-order valence-corrected chi connectivity index (χ2v) is 8.21. The van der Waals surface area contributed by atoms with Crippen molar-refractivity contribution in [1.29, 1.82) is 0 Å². The fourth-order valence-electron chi connectivity index (χ4n) is 3.18. The minimum Gasteiger partial charge on any atom is -0.377 e. The molecule has 6 heteroatoms. The van der Waals surface area contributed by atoms with E-state index < -0.39 is 0 Å². The molecule has 2 heterocycles. The van der Waals surface area contributed by atoms with E-state index in [4.69, 9.17) is 16.3 Å². The lowest BCUT2D eigenvalue weighted by molar-refractivity contribution is 0.0315. The SMILES string of the molecule is Cc1ccc(-n2c(SC[C@H]3CCCCO3)nnc2-c2ccc(Cl)cc2)cc1. The first-order chi connectivity index (χ1) is 13.2. The molecule has 27 heavy (non-hydrogen) atoms. The van der Waals surface area contributed by atoms with E-state index in [1.54, 1.807) is 11.8 Å². The summed E-state index contributed by atoms with van der Waals surface area (Å²) in [6.07, 6.45) is 3.83. The molecule has 0 bridgehead atoms. The minimum atomic E-state index is 0.297. The van der Waals surface area contributed by atoms with E-state index in [1.165, 1.54) is 18.4 Å². The van der Waals surface area contributed by atoms with E-state index in [9.17, 15) is 0 Å². The van der Waals surface area contributed by atoms with Crippen molar-refractivity contribution in [3.8, 4) is 17.1 Å². The van der Waals surface area contributed by atoms with Crippen molar-refractivity contribution in [1.82, 2.24) is 14.8 Å². The number of hydrogen-bond acceptors (Lipinski definition) is 4. The fourth-order valence-corrected chi connectivity index (χ4v) is 4.33. The summed E-state index contributed by atoms with van der Waals surface area (Å²) in [4.78, 5) is 0. The number of ether oxygens (including phenoxy) is 1. The second-order valence-electron chi connectivity index (χ2n) is 6.78. The molecule has 0 N–H and O–H groups in total. The summed E-state index contributed by atoms with van der Waals surface area (Å²) in [6.45, 7) is 2.96. The van der Waals surface area contributed by atoms with E-state index in [2.05, 4.69) is 46.0 Å². The molecule has 0 amide bonds. The van der Waals surface area contributed by atoms with E-state index in [0.717, 1.165) is 41.0 Å². The van der Waals surface area contributed by atoms with Crippen LogP contribution in [0.1, 0.15) is 24.8 Å². The van der Waals surface area contributed by atoms with E-state index in [1.807, 2.05) is 24.3 Å². The number of benzene rings is 2. The summed E-state index contributed by atoms with van der Waals surface area (Å²) < 4.78 is 7.99. The lowest BCUT2D eigenvalue weighted by Crippen LogP contribution is -2.21. The molecule has 1 saturated heterocycles. The zero-order valence-corrected chi connectivity index (χ0v) is 16.8. The maximum Gasteiger partial charge on any atom is 0.196 e. The molecular formula is C21H22ClN3OS. The van der Waals surface area contributed by atoms with E-state index in [0.29, 0.717) is 11.1 Å². The third-order valence-corrected chi connectivity index (χ3v) is 6.01. The molecule has 1 aromatic heterocycles. The van der Waals surface area contributed by atoms with Crippen LogP contribution in [0.2, 0.25) is 5.02 Å². The zero-order chi connectivity index (χ0) is 18.6. The Labute approximate surface area is 168 Å². The quantitative estimate of drug-likeness (QED) is 0.527. The standard InChI is InChI=1S/C21H22ClN3OS/c1-15-5-11-18(12-6-15)25-20(16-7-9-17(22)10-8-16)23-24-21(25)27-14-19-4-2-3-13-26-19/h5-12,19H,2-4,13-14H2,1H3/t19-/m1/s1. The number of rotatable bonds is 5. The van der Waals surface area contributed by atoms with Gasteiger partial charge in [-0.25, -0.2) is 0 Å². The van der Waals surface area contributed by atoms with Crippen LogP contribution < -0.4 is 0 Å². The number of halogens is 1. The van der Waals surface area contributed by atoms with Gasteiger partial charge in [-0.1, -0.05) is 41.1 Å². The Morgan fingerprint density at radius 3 is 2.56 bits per heavy atom. The van der Waals surface area contributed by atoms with Crippen molar-refractivity contribution in [2.24, 2.45) is 0 Å². The van der Waals surface area contributed by atoms with Crippen LogP contribution in [-0.2, 0) is 4.74 Å². The van der Waals surface area contributed by atoms with Gasteiger partial charge in [0.2, 0.25) is 0 Å². The average Bonchev–Trinajstić information content (AvgIpc) is 3.12. The molecule has 0 unspecified atom stereocenters. The van der Waals surface area contributed by atoms with Gasteiger partial charge in [0.05, 0.1) is 6.10 Å². The van der Waals surface area contributed by atoms with Crippen LogP contribution in [0.3, 0.4) is 0 Å². The zero-order valence-electron chi connectivity index (χ0n) is 15.3. The molecule has 1 aliphatic heterocycles. The molecule has 3 aromatic rings. The molecule has 2 aromatic carbocycles. The summed E-state index contributed by atoms with van der Waals surface area (Å²) in [6, 6.07) is 16.2. The summed E-state index contributed by atoms with van der Waals surface area (Å²) in [5.41, 5.74) is 3.28. The predicted molar refractivity (Wildman–Crippen MR) is 111 cm³/mol. The minimum absolute atomic E-state index is 0.297. The van der Waals surface area contributed by atoms with Crippen LogP contribution in [0.5, 0.6) is 0 Å². The summed E-state index contributed by atoms with van der Waals surface area (Å²) in [7, 11) is 0. The Balaban J connectivity index is 1.67. The van der Waals surface area contributed by atoms with Crippen LogP contribution >= 0.6 is 23.4 Å². The van der Waals surface area contributed by atoms with Gasteiger partial charge in [-0.3, -0.25) is 4.57 Å². The van der Waals surface area contributed by atoms with Crippen molar-refractivity contribution in [2.45, 2.75) is 37.4 Å². The van der Waals surface area contributed by atoms with Crippen LogP contribution in [0.4, 0.5) is 0 Å². The van der Waals surface area contributed by atoms with Gasteiger partial charge < -0.3 is 4.74 Å². The van der Waals surface area contributed by atoms with Crippen molar-refractivity contribution >= 4 is 23.4 Å². The van der Waals surface area contributed by atoms with Crippen molar-refractivity contribution in [2.75, 3.05) is 12.4 Å². The van der Waals surface area contributed by atoms with Crippen LogP contribution in [0.25, 0.3) is 17.1 Å². The molecule has 0 saturated carbocycles. The molecular weight excluding hydrogens is 378 g/mol. The molecule has 0 radical (unpaired) electrons. The molecule has 140 valence electrons. The first-order valence-electron chi connectivity index (χ1n) is 9.23. The molecule has 4 rings (SSSR count). The largest absolute Gasteiger partial charge is 0.377 e. The summed E-state index contributed by atoms with van der Waals surface area (Å²) >= 11 is 7.76. The third-order valence-electron chi connectivity index (χ3n) is 4.70. The van der Waals surface area contributed by atoms with Crippen LogP contribution in [-0.4, -0.2) is 33.2 Å². The van der Waals surface area contributed by atoms with Gasteiger partial charge in [0, 0.05) is 28.6 Å². The molecule has 1 aliphatic rings. The number of hydrogen-bond donors (Lipinski definition) is 0. The average molecular weight is 400 g/mol. The van der Waals surface area contributed by atoms with Gasteiger partial charge in [-0.2, -0.15) is 0 Å². The van der Waals surface area contributed by atoms with E-state index in [-0.39, 0.29) is 0 Å². The van der Waals surface area contributed by atoms with Gasteiger partial charge in [-0.15, -0.1) is 10.2 Å². The second kappa shape index (κ2) is 8.46. The highest BCUT2D eigenvalue weighted by atomic mass is 35.5. The Kier molecular flexibility index (Phi) is 5.81. The van der Waals surface area contributed by atoms with Gasteiger partial charge in [0.15, 0.2) is 11.0 Å². The number of aromatic nitrogens is 3. The number of thioether (sulfide) groups is 1.